The molecule has 1 aliphatic carbocycles. The molecular formula is C29H34N6O4S2. The Morgan fingerprint density at radius 1 is 1.12 bits per heavy atom. The van der Waals surface area contributed by atoms with Gasteiger partial charge in [0.2, 0.25) is 15.9 Å². The predicted molar refractivity (Wildman–Crippen MR) is 159 cm³/mol. The molecule has 2 atom stereocenters. The first-order valence-corrected chi connectivity index (χ1v) is 16.3. The van der Waals surface area contributed by atoms with Crippen molar-refractivity contribution in [1.29, 1.82) is 0 Å². The number of pyridine rings is 1. The molecule has 3 aromatic rings. The summed E-state index contributed by atoms with van der Waals surface area (Å²) < 4.78 is 28.6. The second kappa shape index (κ2) is 10.5. The van der Waals surface area contributed by atoms with Crippen LogP contribution in [0.25, 0.3) is 10.4 Å². The first kappa shape index (κ1) is 27.8. The molecule has 3 aliphatic rings. The molecule has 10 nitrogen and oxygen atoms in total. The Hall–Kier alpha value is -3.35. The Morgan fingerprint density at radius 2 is 1.90 bits per heavy atom. The summed E-state index contributed by atoms with van der Waals surface area (Å²) in [6.45, 7) is 7.09. The minimum atomic E-state index is -3.89. The van der Waals surface area contributed by atoms with Crippen molar-refractivity contribution >= 4 is 49.9 Å². The summed E-state index contributed by atoms with van der Waals surface area (Å²) in [7, 11) is -2.53. The molecule has 6 rings (SSSR count). The number of hydrogen-bond donors (Lipinski definition) is 2. The minimum Gasteiger partial charge on any atom is -0.331 e. The summed E-state index contributed by atoms with van der Waals surface area (Å²) in [6, 6.07) is 9.10. The highest BCUT2D eigenvalue weighted by molar-refractivity contribution is 7.89. The topological polar surface area (TPSA) is 125 Å². The van der Waals surface area contributed by atoms with E-state index in [0.717, 1.165) is 29.8 Å². The van der Waals surface area contributed by atoms with Crippen LogP contribution in [-0.2, 0) is 21.4 Å². The predicted octanol–water partition coefficient (Wildman–Crippen LogP) is 4.68. The van der Waals surface area contributed by atoms with Crippen molar-refractivity contribution in [2.45, 2.75) is 63.9 Å². The highest BCUT2D eigenvalue weighted by Crippen LogP contribution is 2.42. The third-order valence-electron chi connectivity index (χ3n) is 8.30. The average molecular weight is 595 g/mol. The minimum absolute atomic E-state index is 0.0000935. The molecule has 2 aliphatic heterocycles. The summed E-state index contributed by atoms with van der Waals surface area (Å²) in [6.07, 6.45) is 3.59. The maximum absolute atomic E-state index is 13.4. The van der Waals surface area contributed by atoms with Crippen LogP contribution >= 0.6 is 11.3 Å². The van der Waals surface area contributed by atoms with E-state index in [2.05, 4.69) is 21.9 Å². The molecule has 1 saturated carbocycles. The molecule has 0 radical (unpaired) electrons. The van der Waals surface area contributed by atoms with Crippen molar-refractivity contribution in [2.24, 2.45) is 11.8 Å². The fraction of sp³-hybridized carbons (Fsp3) is 0.448. The lowest BCUT2D eigenvalue weighted by atomic mass is 10.00. The number of aromatic nitrogens is 2. The first-order valence-electron chi connectivity index (χ1n) is 14.0. The number of rotatable bonds is 8. The molecule has 2 N–H and O–H groups in total. The summed E-state index contributed by atoms with van der Waals surface area (Å²) in [5.41, 5.74) is 2.41. The average Bonchev–Trinajstić information content (AvgIpc) is 3.67. The number of sulfonamides is 1. The number of thiazole rings is 1. The van der Waals surface area contributed by atoms with Gasteiger partial charge in [-0.25, -0.2) is 23.1 Å². The SMILES string of the molecule is CNS(=O)(=O)c1cc(-c2sc(Nc3cccc(N4C[C@@H](C)CCC4=O)n3)nc2C)cc2c1C(=O)N([C@@H](C)C1CC1)C2. The van der Waals surface area contributed by atoms with Gasteiger partial charge in [0.1, 0.15) is 11.6 Å². The van der Waals surface area contributed by atoms with Gasteiger partial charge in [-0.1, -0.05) is 24.3 Å². The molecule has 0 spiro atoms. The number of carbonyl (C=O) groups excluding carboxylic acids is 2. The molecular weight excluding hydrogens is 560 g/mol. The maximum atomic E-state index is 13.4. The fourth-order valence-electron chi connectivity index (χ4n) is 5.76. The van der Waals surface area contributed by atoms with Crippen LogP contribution in [0.4, 0.5) is 16.8 Å². The van der Waals surface area contributed by atoms with Gasteiger partial charge in [-0.3, -0.25) is 14.5 Å². The number of hydrogen-bond acceptors (Lipinski definition) is 8. The zero-order chi connectivity index (χ0) is 29.1. The lowest BCUT2D eigenvalue weighted by Crippen LogP contribution is -2.39. The van der Waals surface area contributed by atoms with Gasteiger partial charge in [-0.05, 0) is 87.4 Å². The number of benzene rings is 1. The second-order valence-electron chi connectivity index (χ2n) is 11.3. The van der Waals surface area contributed by atoms with E-state index < -0.39 is 10.0 Å². The number of carbonyl (C=O) groups is 2. The largest absolute Gasteiger partial charge is 0.331 e. The van der Waals surface area contributed by atoms with Gasteiger partial charge in [0.05, 0.1) is 21.0 Å². The lowest BCUT2D eigenvalue weighted by Gasteiger charge is -2.30. The van der Waals surface area contributed by atoms with Crippen molar-refractivity contribution in [3.8, 4) is 10.4 Å². The van der Waals surface area contributed by atoms with Gasteiger partial charge in [-0.2, -0.15) is 0 Å². The Bertz CT molecular complexity index is 1650. The van der Waals surface area contributed by atoms with E-state index >= 15 is 0 Å². The Morgan fingerprint density at radius 3 is 2.63 bits per heavy atom. The van der Waals surface area contributed by atoms with Crippen LogP contribution in [0.2, 0.25) is 0 Å². The van der Waals surface area contributed by atoms with E-state index in [1.807, 2.05) is 38.1 Å². The zero-order valence-corrected chi connectivity index (χ0v) is 25.2. The van der Waals surface area contributed by atoms with Crippen LogP contribution < -0.4 is 14.9 Å². The fourth-order valence-corrected chi connectivity index (χ4v) is 7.71. The van der Waals surface area contributed by atoms with E-state index in [0.29, 0.717) is 59.2 Å². The third kappa shape index (κ3) is 5.24. The molecule has 12 heteroatoms. The van der Waals surface area contributed by atoms with E-state index in [1.54, 1.807) is 15.9 Å². The number of nitrogens with zero attached hydrogens (tertiary/aromatic N) is 4. The normalized spacial score (nSPS) is 20.0. The number of amides is 2. The van der Waals surface area contributed by atoms with E-state index in [1.165, 1.54) is 18.4 Å². The van der Waals surface area contributed by atoms with Crippen LogP contribution in [-0.4, -0.2) is 54.7 Å². The smallest absolute Gasteiger partial charge is 0.256 e. The van der Waals surface area contributed by atoms with E-state index in [-0.39, 0.29) is 28.3 Å². The summed E-state index contributed by atoms with van der Waals surface area (Å²) >= 11 is 1.39. The van der Waals surface area contributed by atoms with Crippen molar-refractivity contribution in [1.82, 2.24) is 19.6 Å². The van der Waals surface area contributed by atoms with Gasteiger partial charge in [0.15, 0.2) is 5.13 Å². The molecule has 41 heavy (non-hydrogen) atoms. The van der Waals surface area contributed by atoms with Crippen molar-refractivity contribution in [3.05, 3.63) is 47.2 Å². The molecule has 0 bridgehead atoms. The Labute approximate surface area is 244 Å². The molecule has 4 heterocycles. The van der Waals surface area contributed by atoms with Crippen LogP contribution in [0.1, 0.15) is 61.1 Å². The number of piperidine rings is 1. The lowest BCUT2D eigenvalue weighted by molar-refractivity contribution is -0.120. The molecule has 1 aromatic carbocycles. The van der Waals surface area contributed by atoms with Crippen LogP contribution in [0, 0.1) is 18.8 Å². The van der Waals surface area contributed by atoms with Gasteiger partial charge in [0.25, 0.3) is 5.91 Å². The number of aryl methyl sites for hydroxylation is 1. The Kier molecular flexibility index (Phi) is 7.11. The zero-order valence-electron chi connectivity index (χ0n) is 23.6. The van der Waals surface area contributed by atoms with Crippen molar-refractivity contribution < 1.29 is 18.0 Å². The van der Waals surface area contributed by atoms with E-state index in [9.17, 15) is 18.0 Å². The number of fused-ring (bicyclic) bond motifs is 1. The van der Waals surface area contributed by atoms with Crippen molar-refractivity contribution in [3.63, 3.8) is 0 Å². The number of anilines is 3. The molecule has 0 unspecified atom stereocenters. The highest BCUT2D eigenvalue weighted by atomic mass is 32.2. The van der Waals surface area contributed by atoms with E-state index in [4.69, 9.17) is 4.98 Å². The third-order valence-corrected chi connectivity index (χ3v) is 10.9. The van der Waals surface area contributed by atoms with Gasteiger partial charge in [0, 0.05) is 25.6 Å². The second-order valence-corrected chi connectivity index (χ2v) is 14.2. The summed E-state index contributed by atoms with van der Waals surface area (Å²) in [5.74, 6) is 1.91. The quantitative estimate of drug-likeness (QED) is 0.388. The van der Waals surface area contributed by atoms with Crippen LogP contribution in [0.3, 0.4) is 0 Å². The van der Waals surface area contributed by atoms with Crippen molar-refractivity contribution in [2.75, 3.05) is 23.8 Å². The molecule has 2 aromatic heterocycles. The van der Waals surface area contributed by atoms with Crippen LogP contribution in [0.15, 0.2) is 35.2 Å². The van der Waals surface area contributed by atoms with Gasteiger partial charge in [-0.15, -0.1) is 0 Å². The molecule has 2 amide bonds. The summed E-state index contributed by atoms with van der Waals surface area (Å²) in [4.78, 5) is 39.7. The Balaban J connectivity index is 1.32. The monoisotopic (exact) mass is 594 g/mol. The molecule has 1 saturated heterocycles. The molecule has 216 valence electrons. The molecule has 2 fully saturated rings. The van der Waals surface area contributed by atoms with Crippen LogP contribution in [0.5, 0.6) is 0 Å². The number of nitrogens with one attached hydrogen (secondary N) is 2. The van der Waals surface area contributed by atoms with Gasteiger partial charge >= 0.3 is 0 Å². The summed E-state index contributed by atoms with van der Waals surface area (Å²) in [5, 5.41) is 3.86. The maximum Gasteiger partial charge on any atom is 0.256 e. The standard InChI is InChI=1S/C29H34N6O4S2/c1-16-8-11-25(36)35(14-16)24-7-5-6-23(32-24)33-29-31-17(2)27(40-29)20-12-21-15-34(18(3)19-9-10-19)28(37)26(21)22(13-20)41(38,39)30-4/h5-7,12-13,16,18-19,30H,8-11,14-15H2,1-4H3,(H,31,32,33)/t16-,18-/m0/s1. The first-order chi connectivity index (χ1) is 19.6. The van der Waals surface area contributed by atoms with Gasteiger partial charge < -0.3 is 10.2 Å². The highest BCUT2D eigenvalue weighted by Gasteiger charge is 2.41.